The molecule has 1 aromatic rings. The van der Waals surface area contributed by atoms with Crippen molar-refractivity contribution in [1.29, 1.82) is 0 Å². The molecule has 8 heteroatoms. The molecule has 1 N–H and O–H groups in total. The zero-order chi connectivity index (χ0) is 15.2. The smallest absolute Gasteiger partial charge is 0.330 e. The van der Waals surface area contributed by atoms with Crippen molar-refractivity contribution in [3.8, 4) is 0 Å². The highest BCUT2D eigenvalue weighted by Crippen LogP contribution is 2.26. The van der Waals surface area contributed by atoms with Crippen LogP contribution in [0.4, 0.5) is 8.78 Å². The van der Waals surface area contributed by atoms with Crippen molar-refractivity contribution in [1.82, 2.24) is 5.32 Å². The zero-order valence-corrected chi connectivity index (χ0v) is 11.1. The molecule has 1 aromatic carbocycles. The first-order valence-electron chi connectivity index (χ1n) is 5.75. The van der Waals surface area contributed by atoms with Crippen LogP contribution in [0.25, 0.3) is 10.4 Å². The first-order chi connectivity index (χ1) is 9.45. The second-order valence-corrected chi connectivity index (χ2v) is 4.12. The Morgan fingerprint density at radius 1 is 1.55 bits per heavy atom. The summed E-state index contributed by atoms with van der Waals surface area (Å²) in [4.78, 5) is 14.4. The van der Waals surface area contributed by atoms with Gasteiger partial charge < -0.3 is 4.74 Å². The summed E-state index contributed by atoms with van der Waals surface area (Å²) < 4.78 is 31.7. The van der Waals surface area contributed by atoms with Gasteiger partial charge in [-0.15, -0.1) is 0 Å². The van der Waals surface area contributed by atoms with Gasteiger partial charge in [0.1, 0.15) is 17.2 Å². The Balaban J connectivity index is 3.13. The fourth-order valence-electron chi connectivity index (χ4n) is 1.76. The van der Waals surface area contributed by atoms with Crippen LogP contribution >= 0.6 is 0 Å². The van der Waals surface area contributed by atoms with Gasteiger partial charge in [0.2, 0.25) is 0 Å². The third-order valence-corrected chi connectivity index (χ3v) is 2.81. The Bertz CT molecular complexity index is 546. The summed E-state index contributed by atoms with van der Waals surface area (Å²) in [5, 5.41) is 6.01. The van der Waals surface area contributed by atoms with Crippen LogP contribution in [0.2, 0.25) is 0 Å². The number of nitrogens with zero attached hydrogens (tertiary/aromatic N) is 3. The van der Waals surface area contributed by atoms with Crippen molar-refractivity contribution in [2.75, 3.05) is 20.2 Å². The number of hydrogen-bond donors (Lipinski definition) is 1. The molecular weight excluding hydrogens is 270 g/mol. The maximum Gasteiger partial charge on any atom is 0.330 e. The SMILES string of the molecule is COC(=O)C(C)(NCCN=[N+]=[N-])c1cc(F)ccc1F. The van der Waals surface area contributed by atoms with E-state index in [9.17, 15) is 13.6 Å². The Kier molecular flexibility index (Phi) is 5.42. The number of carbonyl (C=O) groups is 1. The van der Waals surface area contributed by atoms with E-state index in [1.54, 1.807) is 0 Å². The molecule has 0 heterocycles. The third-order valence-electron chi connectivity index (χ3n) is 2.81. The molecule has 0 aliphatic rings. The summed E-state index contributed by atoms with van der Waals surface area (Å²) in [5.41, 5.74) is 6.42. The molecule has 0 radical (unpaired) electrons. The summed E-state index contributed by atoms with van der Waals surface area (Å²) in [6, 6.07) is 2.81. The van der Waals surface area contributed by atoms with Gasteiger partial charge in [0.15, 0.2) is 0 Å². The van der Waals surface area contributed by atoms with E-state index in [1.807, 2.05) is 0 Å². The van der Waals surface area contributed by atoms with E-state index in [-0.39, 0.29) is 18.7 Å². The van der Waals surface area contributed by atoms with Crippen LogP contribution in [0.5, 0.6) is 0 Å². The number of carbonyl (C=O) groups excluding carboxylic acids is 1. The molecular formula is C12H14F2N4O2. The van der Waals surface area contributed by atoms with Crippen molar-refractivity contribution >= 4 is 5.97 Å². The minimum Gasteiger partial charge on any atom is -0.467 e. The first kappa shape index (κ1) is 15.9. The van der Waals surface area contributed by atoms with Crippen LogP contribution in [0.15, 0.2) is 23.3 Å². The molecule has 0 spiro atoms. The van der Waals surface area contributed by atoms with Crippen molar-refractivity contribution in [3.05, 3.63) is 45.8 Å². The van der Waals surface area contributed by atoms with Crippen LogP contribution < -0.4 is 5.32 Å². The standard InChI is InChI=1S/C12H14F2N4O2/c1-12(11(19)20-2,16-5-6-17-18-15)9-7-8(13)3-4-10(9)14/h3-4,7,16H,5-6H2,1-2H3. The van der Waals surface area contributed by atoms with E-state index >= 15 is 0 Å². The van der Waals surface area contributed by atoms with E-state index in [0.717, 1.165) is 25.3 Å². The molecule has 108 valence electrons. The average molecular weight is 284 g/mol. The fraction of sp³-hybridized carbons (Fsp3) is 0.417. The largest absolute Gasteiger partial charge is 0.467 e. The molecule has 0 aliphatic heterocycles. The molecule has 6 nitrogen and oxygen atoms in total. The molecule has 1 unspecified atom stereocenters. The van der Waals surface area contributed by atoms with Gasteiger partial charge in [-0.2, -0.15) is 0 Å². The molecule has 1 atom stereocenters. The quantitative estimate of drug-likeness (QED) is 0.286. The molecule has 20 heavy (non-hydrogen) atoms. The molecule has 0 fully saturated rings. The normalized spacial score (nSPS) is 13.2. The zero-order valence-electron chi connectivity index (χ0n) is 11.1. The highest BCUT2D eigenvalue weighted by molar-refractivity contribution is 5.82. The maximum absolute atomic E-state index is 13.8. The highest BCUT2D eigenvalue weighted by Gasteiger charge is 2.38. The van der Waals surface area contributed by atoms with Gasteiger partial charge in [0.05, 0.1) is 7.11 Å². The van der Waals surface area contributed by atoms with Crippen molar-refractivity contribution in [2.45, 2.75) is 12.5 Å². The number of nitrogens with one attached hydrogen (secondary N) is 1. The number of halogens is 2. The summed E-state index contributed by atoms with van der Waals surface area (Å²) in [6.45, 7) is 1.53. The first-order valence-corrected chi connectivity index (χ1v) is 5.75. The lowest BCUT2D eigenvalue weighted by Crippen LogP contribution is -2.49. The number of hydrogen-bond acceptors (Lipinski definition) is 4. The number of esters is 1. The Hall–Kier alpha value is -2.18. The summed E-state index contributed by atoms with van der Waals surface area (Å²) in [5.74, 6) is -2.19. The maximum atomic E-state index is 13.8. The molecule has 1 rings (SSSR count). The summed E-state index contributed by atoms with van der Waals surface area (Å²) in [7, 11) is 1.15. The van der Waals surface area contributed by atoms with E-state index in [0.29, 0.717) is 0 Å². The minimum absolute atomic E-state index is 0.0556. The molecule has 0 amide bonds. The summed E-state index contributed by atoms with van der Waals surface area (Å²) in [6.07, 6.45) is 0. The Labute approximate surface area is 114 Å². The number of azide groups is 1. The van der Waals surface area contributed by atoms with Crippen LogP contribution in [0.1, 0.15) is 12.5 Å². The van der Waals surface area contributed by atoms with Gasteiger partial charge in [0, 0.05) is 23.6 Å². The molecule has 0 bridgehead atoms. The molecule has 0 saturated carbocycles. The highest BCUT2D eigenvalue weighted by atomic mass is 19.1. The van der Waals surface area contributed by atoms with Crippen molar-refractivity contribution < 1.29 is 18.3 Å². The fourth-order valence-corrected chi connectivity index (χ4v) is 1.76. The van der Waals surface area contributed by atoms with Gasteiger partial charge in [-0.1, -0.05) is 5.11 Å². The van der Waals surface area contributed by atoms with E-state index in [4.69, 9.17) is 5.53 Å². The van der Waals surface area contributed by atoms with Crippen LogP contribution in [-0.4, -0.2) is 26.2 Å². The summed E-state index contributed by atoms with van der Waals surface area (Å²) >= 11 is 0. The van der Waals surface area contributed by atoms with Gasteiger partial charge in [-0.25, -0.2) is 13.6 Å². The Morgan fingerprint density at radius 3 is 2.85 bits per heavy atom. The van der Waals surface area contributed by atoms with E-state index in [1.165, 1.54) is 6.92 Å². The van der Waals surface area contributed by atoms with Gasteiger partial charge in [-0.3, -0.25) is 5.32 Å². The second-order valence-electron chi connectivity index (χ2n) is 4.12. The van der Waals surface area contributed by atoms with Gasteiger partial charge in [0.25, 0.3) is 0 Å². The van der Waals surface area contributed by atoms with Crippen molar-refractivity contribution in [3.63, 3.8) is 0 Å². The van der Waals surface area contributed by atoms with Crippen LogP contribution in [0, 0.1) is 11.6 Å². The lowest BCUT2D eigenvalue weighted by molar-refractivity contribution is -0.148. The molecule has 0 aromatic heterocycles. The van der Waals surface area contributed by atoms with E-state index in [2.05, 4.69) is 20.1 Å². The molecule has 0 aliphatic carbocycles. The molecule has 0 saturated heterocycles. The lowest BCUT2D eigenvalue weighted by Gasteiger charge is -2.28. The second kappa shape index (κ2) is 6.83. The third kappa shape index (κ3) is 3.43. The lowest BCUT2D eigenvalue weighted by atomic mass is 9.91. The Morgan fingerprint density at radius 2 is 2.25 bits per heavy atom. The number of benzene rings is 1. The van der Waals surface area contributed by atoms with Crippen LogP contribution in [-0.2, 0) is 15.1 Å². The van der Waals surface area contributed by atoms with E-state index < -0.39 is 23.1 Å². The number of rotatable bonds is 6. The predicted molar refractivity (Wildman–Crippen MR) is 67.7 cm³/mol. The van der Waals surface area contributed by atoms with Crippen LogP contribution in [0.3, 0.4) is 0 Å². The number of ether oxygens (including phenoxy) is 1. The van der Waals surface area contributed by atoms with Crippen molar-refractivity contribution in [2.24, 2.45) is 5.11 Å². The average Bonchev–Trinajstić information content (AvgIpc) is 2.45. The number of methoxy groups -OCH3 is 1. The topological polar surface area (TPSA) is 87.1 Å². The predicted octanol–water partition coefficient (Wildman–Crippen LogP) is 2.25. The monoisotopic (exact) mass is 284 g/mol. The van der Waals surface area contributed by atoms with Gasteiger partial charge >= 0.3 is 5.97 Å². The minimum atomic E-state index is -1.58. The van der Waals surface area contributed by atoms with Gasteiger partial charge in [-0.05, 0) is 30.7 Å².